The molecule has 0 aliphatic heterocycles. The van der Waals surface area contributed by atoms with Crippen LogP contribution < -0.4 is 16.6 Å². The van der Waals surface area contributed by atoms with Crippen LogP contribution in [-0.2, 0) is 10.8 Å². The molecular weight excluding hydrogens is 378 g/mol. The van der Waals surface area contributed by atoms with Gasteiger partial charge >= 0.3 is 0 Å². The summed E-state index contributed by atoms with van der Waals surface area (Å²) in [6.45, 7) is 12.2. The largest absolute Gasteiger partial charge is 0.506 e. The number of para-hydroxylation sites is 1. The molecule has 158 valence electrons. The Labute approximate surface area is 176 Å². The first-order valence-corrected chi connectivity index (χ1v) is 9.89. The third-order valence-electron chi connectivity index (χ3n) is 5.21. The molecule has 3 aromatic rings. The Morgan fingerprint density at radius 1 is 1.03 bits per heavy atom. The van der Waals surface area contributed by atoms with Crippen molar-refractivity contribution in [3.8, 4) is 5.75 Å². The van der Waals surface area contributed by atoms with E-state index in [1.807, 2.05) is 26.8 Å². The maximum absolute atomic E-state index is 13.1. The SMILES string of the molecule is CC(C)(C)c1cc(O)c(NC(=O)c2cn(N)c3ccccc3c2=O)c(C(C)(C)C)c1. The number of hydrogen-bond acceptors (Lipinski definition) is 4. The molecule has 0 aliphatic carbocycles. The van der Waals surface area contributed by atoms with E-state index < -0.39 is 11.3 Å². The third kappa shape index (κ3) is 3.90. The summed E-state index contributed by atoms with van der Waals surface area (Å²) >= 11 is 0. The lowest BCUT2D eigenvalue weighted by Crippen LogP contribution is -2.27. The molecule has 1 heterocycles. The normalized spacial score (nSPS) is 12.2. The first-order valence-electron chi connectivity index (χ1n) is 9.89. The van der Waals surface area contributed by atoms with E-state index in [9.17, 15) is 14.7 Å². The molecule has 0 fully saturated rings. The highest BCUT2D eigenvalue weighted by molar-refractivity contribution is 6.07. The maximum Gasteiger partial charge on any atom is 0.261 e. The molecule has 2 aromatic carbocycles. The van der Waals surface area contributed by atoms with Gasteiger partial charge in [-0.3, -0.25) is 14.3 Å². The number of nitrogen functional groups attached to an aromatic ring is 1. The average Bonchev–Trinajstić information content (AvgIpc) is 2.64. The number of nitrogens with zero attached hydrogens (tertiary/aromatic N) is 1. The van der Waals surface area contributed by atoms with Crippen molar-refractivity contribution in [2.24, 2.45) is 0 Å². The van der Waals surface area contributed by atoms with Gasteiger partial charge in [-0.2, -0.15) is 0 Å². The second kappa shape index (κ2) is 7.20. The fraction of sp³-hybridized carbons (Fsp3) is 0.333. The van der Waals surface area contributed by atoms with E-state index in [0.29, 0.717) is 16.6 Å². The number of nitrogens with two attached hydrogens (primary N) is 1. The van der Waals surface area contributed by atoms with Crippen LogP contribution in [0.15, 0.2) is 47.4 Å². The molecule has 0 radical (unpaired) electrons. The molecule has 1 aromatic heterocycles. The molecule has 0 bridgehead atoms. The lowest BCUT2D eigenvalue weighted by molar-refractivity contribution is 0.102. The summed E-state index contributed by atoms with van der Waals surface area (Å²) in [4.78, 5) is 25.9. The molecule has 6 nitrogen and oxygen atoms in total. The number of phenols is 1. The van der Waals surface area contributed by atoms with E-state index in [2.05, 4.69) is 26.1 Å². The molecule has 0 saturated carbocycles. The van der Waals surface area contributed by atoms with Crippen LogP contribution >= 0.6 is 0 Å². The van der Waals surface area contributed by atoms with Crippen LogP contribution in [0.5, 0.6) is 5.75 Å². The van der Waals surface area contributed by atoms with E-state index in [4.69, 9.17) is 5.84 Å². The molecule has 6 heteroatoms. The molecule has 3 rings (SSSR count). The van der Waals surface area contributed by atoms with Gasteiger partial charge in [0.1, 0.15) is 11.3 Å². The number of hydrogen-bond donors (Lipinski definition) is 3. The van der Waals surface area contributed by atoms with E-state index in [0.717, 1.165) is 11.1 Å². The highest BCUT2D eigenvalue weighted by Crippen LogP contribution is 2.40. The predicted molar refractivity (Wildman–Crippen MR) is 122 cm³/mol. The van der Waals surface area contributed by atoms with E-state index >= 15 is 0 Å². The zero-order chi connectivity index (χ0) is 22.4. The van der Waals surface area contributed by atoms with Gasteiger partial charge in [0.15, 0.2) is 0 Å². The second-order valence-electron chi connectivity index (χ2n) is 9.67. The summed E-state index contributed by atoms with van der Waals surface area (Å²) in [5.41, 5.74) is 1.56. The number of fused-ring (bicyclic) bond motifs is 1. The molecule has 1 amide bonds. The van der Waals surface area contributed by atoms with Crippen LogP contribution in [-0.4, -0.2) is 15.7 Å². The average molecular weight is 408 g/mol. The number of benzene rings is 2. The zero-order valence-electron chi connectivity index (χ0n) is 18.3. The van der Waals surface area contributed by atoms with Crippen LogP contribution in [0.25, 0.3) is 10.9 Å². The molecule has 0 atom stereocenters. The first-order chi connectivity index (χ1) is 13.8. The van der Waals surface area contributed by atoms with Crippen molar-refractivity contribution in [3.05, 3.63) is 69.5 Å². The van der Waals surface area contributed by atoms with Gasteiger partial charge in [-0.1, -0.05) is 59.7 Å². The van der Waals surface area contributed by atoms with Gasteiger partial charge in [0.2, 0.25) is 5.43 Å². The molecule has 4 N–H and O–H groups in total. The minimum Gasteiger partial charge on any atom is -0.506 e. The van der Waals surface area contributed by atoms with Gasteiger partial charge in [0.25, 0.3) is 5.91 Å². The van der Waals surface area contributed by atoms with Crippen molar-refractivity contribution in [2.45, 2.75) is 52.4 Å². The van der Waals surface area contributed by atoms with Crippen LogP contribution in [0.3, 0.4) is 0 Å². The number of anilines is 1. The highest BCUT2D eigenvalue weighted by Gasteiger charge is 2.27. The number of pyridine rings is 1. The maximum atomic E-state index is 13.1. The minimum atomic E-state index is -0.616. The smallest absolute Gasteiger partial charge is 0.261 e. The van der Waals surface area contributed by atoms with E-state index in [-0.39, 0.29) is 22.1 Å². The first kappa shape index (κ1) is 21.4. The van der Waals surface area contributed by atoms with Gasteiger partial charge < -0.3 is 16.3 Å². The monoisotopic (exact) mass is 407 g/mol. The van der Waals surface area contributed by atoms with Gasteiger partial charge in [-0.15, -0.1) is 0 Å². The Morgan fingerprint density at radius 3 is 2.27 bits per heavy atom. The van der Waals surface area contributed by atoms with Gasteiger partial charge in [0, 0.05) is 11.6 Å². The van der Waals surface area contributed by atoms with Crippen LogP contribution in [0.4, 0.5) is 5.69 Å². The Balaban J connectivity index is 2.13. The summed E-state index contributed by atoms with van der Waals surface area (Å²) in [6, 6.07) is 10.5. The fourth-order valence-corrected chi connectivity index (χ4v) is 3.43. The number of aromatic hydroxyl groups is 1. The Hall–Kier alpha value is -3.28. The van der Waals surface area contributed by atoms with Crippen molar-refractivity contribution >= 4 is 22.5 Å². The number of rotatable bonds is 2. The van der Waals surface area contributed by atoms with Crippen molar-refractivity contribution in [2.75, 3.05) is 11.2 Å². The van der Waals surface area contributed by atoms with Crippen LogP contribution in [0.1, 0.15) is 63.0 Å². The Morgan fingerprint density at radius 2 is 1.67 bits per heavy atom. The molecule has 0 aliphatic rings. The summed E-state index contributed by atoms with van der Waals surface area (Å²) in [5, 5.41) is 13.9. The van der Waals surface area contributed by atoms with Gasteiger partial charge in [0.05, 0.1) is 11.2 Å². The number of carbonyl (C=O) groups excluding carboxylic acids is 1. The van der Waals surface area contributed by atoms with Gasteiger partial charge in [-0.05, 0) is 40.2 Å². The lowest BCUT2D eigenvalue weighted by atomic mass is 9.79. The Kier molecular flexibility index (Phi) is 5.14. The third-order valence-corrected chi connectivity index (χ3v) is 5.21. The van der Waals surface area contributed by atoms with Crippen molar-refractivity contribution < 1.29 is 9.90 Å². The quantitative estimate of drug-likeness (QED) is 0.436. The number of phenolic OH excluding ortho intramolecular Hbond substituents is 1. The van der Waals surface area contributed by atoms with E-state index in [1.54, 1.807) is 30.3 Å². The molecular formula is C24H29N3O3. The topological polar surface area (TPSA) is 97.3 Å². The fourth-order valence-electron chi connectivity index (χ4n) is 3.43. The molecule has 30 heavy (non-hydrogen) atoms. The highest BCUT2D eigenvalue weighted by atomic mass is 16.3. The molecule has 0 unspecified atom stereocenters. The van der Waals surface area contributed by atoms with Crippen molar-refractivity contribution in [1.29, 1.82) is 0 Å². The number of aromatic nitrogens is 1. The van der Waals surface area contributed by atoms with Crippen LogP contribution in [0.2, 0.25) is 0 Å². The summed E-state index contributed by atoms with van der Waals surface area (Å²) in [6.07, 6.45) is 1.32. The number of carbonyl (C=O) groups is 1. The van der Waals surface area contributed by atoms with Crippen molar-refractivity contribution in [1.82, 2.24) is 4.68 Å². The summed E-state index contributed by atoms with van der Waals surface area (Å²) < 4.78 is 1.26. The summed E-state index contributed by atoms with van der Waals surface area (Å²) in [7, 11) is 0. The minimum absolute atomic E-state index is 0.0328. The number of nitrogens with one attached hydrogen (secondary N) is 1. The lowest BCUT2D eigenvalue weighted by Gasteiger charge is -2.28. The van der Waals surface area contributed by atoms with Crippen molar-refractivity contribution in [3.63, 3.8) is 0 Å². The predicted octanol–water partition coefficient (Wildman–Crippen LogP) is 4.27. The summed E-state index contributed by atoms with van der Waals surface area (Å²) in [5.74, 6) is 5.35. The number of amides is 1. The second-order valence-corrected chi connectivity index (χ2v) is 9.67. The molecule has 0 saturated heterocycles. The van der Waals surface area contributed by atoms with Gasteiger partial charge in [-0.25, -0.2) is 0 Å². The zero-order valence-corrected chi connectivity index (χ0v) is 18.3. The van der Waals surface area contributed by atoms with Crippen LogP contribution in [0, 0.1) is 0 Å². The molecule has 0 spiro atoms. The Bertz CT molecular complexity index is 1200. The van der Waals surface area contributed by atoms with E-state index in [1.165, 1.54) is 10.9 Å². The standard InChI is InChI=1S/C24H29N3O3/c1-23(2,3)14-11-17(24(4,5)6)20(19(28)12-14)26-22(30)16-13-27(25)18-10-8-7-9-15(18)21(16)29/h7-13,28H,25H2,1-6H3,(H,26,30).